The molecule has 1 amide bonds. The fraction of sp³-hybridized carbons (Fsp3) is 0.167. The number of alkyl halides is 3. The second kappa shape index (κ2) is 7.74. The lowest BCUT2D eigenvalue weighted by Crippen LogP contribution is -2.10. The first-order valence-corrected chi connectivity index (χ1v) is 7.22. The molecule has 0 fully saturated rings. The van der Waals surface area contributed by atoms with Crippen LogP contribution in [0.25, 0.3) is 6.08 Å². The molecule has 0 unspecified atom stereocenters. The van der Waals surface area contributed by atoms with Crippen LogP contribution in [0.15, 0.2) is 48.5 Å². The largest absolute Gasteiger partial charge is 0.497 e. The first-order chi connectivity index (χ1) is 11.8. The van der Waals surface area contributed by atoms with Crippen LogP contribution in [0.5, 0.6) is 11.5 Å². The van der Waals surface area contributed by atoms with Crippen molar-refractivity contribution in [1.82, 2.24) is 0 Å². The topological polar surface area (TPSA) is 47.6 Å². The van der Waals surface area contributed by atoms with E-state index in [9.17, 15) is 18.0 Å². The standard InChI is InChI=1S/C18H16F3NO3/c1-24-15-8-6-12(16(11-15)25-2)7-9-17(23)22-14-5-3-4-13(10-14)18(19,20)21/h3-11H,1-2H3,(H,22,23). The Labute approximate surface area is 142 Å². The average molecular weight is 351 g/mol. The highest BCUT2D eigenvalue weighted by Crippen LogP contribution is 2.30. The number of ether oxygens (including phenoxy) is 2. The van der Waals surface area contributed by atoms with E-state index in [1.165, 1.54) is 38.5 Å². The van der Waals surface area contributed by atoms with E-state index in [2.05, 4.69) is 5.32 Å². The molecule has 1 N–H and O–H groups in total. The van der Waals surface area contributed by atoms with Crippen molar-refractivity contribution in [2.24, 2.45) is 0 Å². The Kier molecular flexibility index (Phi) is 5.69. The number of hydrogen-bond acceptors (Lipinski definition) is 3. The van der Waals surface area contributed by atoms with Crippen molar-refractivity contribution in [3.05, 3.63) is 59.7 Å². The van der Waals surface area contributed by atoms with Crippen LogP contribution in [0.2, 0.25) is 0 Å². The summed E-state index contributed by atoms with van der Waals surface area (Å²) in [7, 11) is 3.00. The average Bonchev–Trinajstić information content (AvgIpc) is 2.59. The van der Waals surface area contributed by atoms with Crippen molar-refractivity contribution in [2.45, 2.75) is 6.18 Å². The maximum Gasteiger partial charge on any atom is 0.416 e. The Morgan fingerprint density at radius 3 is 2.48 bits per heavy atom. The molecule has 4 nitrogen and oxygen atoms in total. The molecule has 2 aromatic rings. The highest BCUT2D eigenvalue weighted by atomic mass is 19.4. The van der Waals surface area contributed by atoms with Gasteiger partial charge in [-0.05, 0) is 36.4 Å². The molecule has 0 atom stereocenters. The van der Waals surface area contributed by atoms with E-state index >= 15 is 0 Å². The first kappa shape index (κ1) is 18.4. The summed E-state index contributed by atoms with van der Waals surface area (Å²) >= 11 is 0. The zero-order valence-corrected chi connectivity index (χ0v) is 13.6. The molecule has 0 aliphatic carbocycles. The highest BCUT2D eigenvalue weighted by molar-refractivity contribution is 6.02. The van der Waals surface area contributed by atoms with Crippen LogP contribution in [-0.4, -0.2) is 20.1 Å². The summed E-state index contributed by atoms with van der Waals surface area (Å²) in [4.78, 5) is 11.9. The first-order valence-electron chi connectivity index (χ1n) is 7.22. The number of benzene rings is 2. The Morgan fingerprint density at radius 1 is 1.08 bits per heavy atom. The van der Waals surface area contributed by atoms with Gasteiger partial charge in [0.15, 0.2) is 0 Å². The van der Waals surface area contributed by atoms with Crippen LogP contribution >= 0.6 is 0 Å². The third kappa shape index (κ3) is 5.00. The monoisotopic (exact) mass is 351 g/mol. The molecule has 25 heavy (non-hydrogen) atoms. The van der Waals surface area contributed by atoms with Gasteiger partial charge in [-0.15, -0.1) is 0 Å². The molecule has 2 rings (SSSR count). The number of methoxy groups -OCH3 is 2. The van der Waals surface area contributed by atoms with Gasteiger partial charge in [0.2, 0.25) is 5.91 Å². The highest BCUT2D eigenvalue weighted by Gasteiger charge is 2.30. The lowest BCUT2D eigenvalue weighted by Gasteiger charge is -2.09. The minimum Gasteiger partial charge on any atom is -0.497 e. The molecule has 0 aliphatic heterocycles. The predicted molar refractivity (Wildman–Crippen MR) is 88.7 cm³/mol. The van der Waals surface area contributed by atoms with Crippen LogP contribution in [0, 0.1) is 0 Å². The van der Waals surface area contributed by atoms with Gasteiger partial charge in [-0.1, -0.05) is 6.07 Å². The van der Waals surface area contributed by atoms with Crippen LogP contribution in [0.4, 0.5) is 18.9 Å². The molecule has 2 aromatic carbocycles. The summed E-state index contributed by atoms with van der Waals surface area (Å²) in [6, 6.07) is 9.49. The van der Waals surface area contributed by atoms with E-state index in [1.54, 1.807) is 18.2 Å². The van der Waals surface area contributed by atoms with Gasteiger partial charge in [-0.2, -0.15) is 13.2 Å². The molecule has 132 valence electrons. The summed E-state index contributed by atoms with van der Waals surface area (Å²) in [6.45, 7) is 0. The molecule has 0 radical (unpaired) electrons. The van der Waals surface area contributed by atoms with Gasteiger partial charge in [0.25, 0.3) is 0 Å². The zero-order valence-electron chi connectivity index (χ0n) is 13.6. The molecule has 0 aliphatic rings. The second-order valence-corrected chi connectivity index (χ2v) is 5.01. The van der Waals surface area contributed by atoms with Gasteiger partial charge in [-0.3, -0.25) is 4.79 Å². The van der Waals surface area contributed by atoms with Gasteiger partial charge in [-0.25, -0.2) is 0 Å². The molecule has 0 heterocycles. The summed E-state index contributed by atoms with van der Waals surface area (Å²) in [5.41, 5.74) is -0.139. The van der Waals surface area contributed by atoms with Crippen molar-refractivity contribution in [3.8, 4) is 11.5 Å². The van der Waals surface area contributed by atoms with Crippen molar-refractivity contribution in [3.63, 3.8) is 0 Å². The molecule has 0 saturated heterocycles. The van der Waals surface area contributed by atoms with Gasteiger partial charge >= 0.3 is 6.18 Å². The van der Waals surface area contributed by atoms with E-state index in [-0.39, 0.29) is 5.69 Å². The normalized spacial score (nSPS) is 11.4. The SMILES string of the molecule is COc1ccc(C=CC(=O)Nc2cccc(C(F)(F)F)c2)c(OC)c1. The van der Waals surface area contributed by atoms with Crippen LogP contribution in [0.3, 0.4) is 0 Å². The van der Waals surface area contributed by atoms with Gasteiger partial charge in [0, 0.05) is 23.4 Å². The number of amides is 1. The number of halogens is 3. The maximum absolute atomic E-state index is 12.7. The summed E-state index contributed by atoms with van der Waals surface area (Å²) < 4.78 is 48.3. The number of carbonyl (C=O) groups is 1. The Balaban J connectivity index is 2.11. The van der Waals surface area contributed by atoms with Crippen molar-refractivity contribution < 1.29 is 27.4 Å². The number of nitrogens with one attached hydrogen (secondary N) is 1. The van der Waals surface area contributed by atoms with E-state index in [0.29, 0.717) is 17.1 Å². The van der Waals surface area contributed by atoms with Gasteiger partial charge < -0.3 is 14.8 Å². The molecule has 0 saturated carbocycles. The van der Waals surface area contributed by atoms with Crippen molar-refractivity contribution in [1.29, 1.82) is 0 Å². The van der Waals surface area contributed by atoms with Crippen LogP contribution < -0.4 is 14.8 Å². The smallest absolute Gasteiger partial charge is 0.416 e. The van der Waals surface area contributed by atoms with Crippen LogP contribution in [0.1, 0.15) is 11.1 Å². The lowest BCUT2D eigenvalue weighted by molar-refractivity contribution is -0.137. The van der Waals surface area contributed by atoms with Gasteiger partial charge in [0.05, 0.1) is 19.8 Å². The zero-order chi connectivity index (χ0) is 18.4. The number of hydrogen-bond donors (Lipinski definition) is 1. The summed E-state index contributed by atoms with van der Waals surface area (Å²) in [5, 5.41) is 2.39. The second-order valence-electron chi connectivity index (χ2n) is 5.01. The Bertz CT molecular complexity index is 785. The maximum atomic E-state index is 12.7. The Hall–Kier alpha value is -2.96. The van der Waals surface area contributed by atoms with Gasteiger partial charge in [0.1, 0.15) is 11.5 Å². The summed E-state index contributed by atoms with van der Waals surface area (Å²) in [6.07, 6.45) is -1.75. The van der Waals surface area contributed by atoms with Crippen molar-refractivity contribution in [2.75, 3.05) is 19.5 Å². The molecule has 0 aromatic heterocycles. The number of carbonyl (C=O) groups excluding carboxylic acids is 1. The number of anilines is 1. The third-order valence-corrected chi connectivity index (χ3v) is 3.31. The van der Waals surface area contributed by atoms with E-state index in [0.717, 1.165) is 12.1 Å². The summed E-state index contributed by atoms with van der Waals surface area (Å²) in [5.74, 6) is 0.544. The van der Waals surface area contributed by atoms with E-state index in [4.69, 9.17) is 9.47 Å². The minimum atomic E-state index is -4.47. The molecule has 0 bridgehead atoms. The van der Waals surface area contributed by atoms with Crippen molar-refractivity contribution >= 4 is 17.7 Å². The lowest BCUT2D eigenvalue weighted by atomic mass is 10.1. The quantitative estimate of drug-likeness (QED) is 0.814. The molecular formula is C18H16F3NO3. The molecule has 7 heteroatoms. The predicted octanol–water partition coefficient (Wildman–Crippen LogP) is 4.37. The minimum absolute atomic E-state index is 0.0613. The Morgan fingerprint density at radius 2 is 1.84 bits per heavy atom. The molecular weight excluding hydrogens is 335 g/mol. The fourth-order valence-electron chi connectivity index (χ4n) is 2.08. The third-order valence-electron chi connectivity index (χ3n) is 3.31. The van der Waals surface area contributed by atoms with E-state index < -0.39 is 17.6 Å². The number of rotatable bonds is 5. The van der Waals surface area contributed by atoms with Crippen LogP contribution in [-0.2, 0) is 11.0 Å². The fourth-order valence-corrected chi connectivity index (χ4v) is 2.08. The van der Waals surface area contributed by atoms with E-state index in [1.807, 2.05) is 0 Å². The molecule has 0 spiro atoms.